The van der Waals surface area contributed by atoms with Crippen LogP contribution in [0.4, 0.5) is 0 Å². The molecule has 1 aromatic carbocycles. The Bertz CT molecular complexity index is 1120. The normalized spacial score (nSPS) is 17.9. The predicted molar refractivity (Wildman–Crippen MR) is 119 cm³/mol. The molecule has 3 heterocycles. The molecule has 142 valence electrons. The highest BCUT2D eigenvalue weighted by atomic mass is 35.5. The van der Waals surface area contributed by atoms with E-state index in [1.165, 1.54) is 28.5 Å². The van der Waals surface area contributed by atoms with Gasteiger partial charge in [0, 0.05) is 11.4 Å². The molecule has 28 heavy (non-hydrogen) atoms. The van der Waals surface area contributed by atoms with Gasteiger partial charge in [-0.05, 0) is 61.7 Å². The number of nitrogens with zero attached hydrogens (tertiary/aromatic N) is 4. The Morgan fingerprint density at radius 3 is 2.75 bits per heavy atom. The van der Waals surface area contributed by atoms with E-state index in [4.69, 9.17) is 17.0 Å². The van der Waals surface area contributed by atoms with Gasteiger partial charge in [0.2, 0.25) is 5.17 Å². The number of hydrogen-bond acceptors (Lipinski definition) is 5. The van der Waals surface area contributed by atoms with E-state index in [2.05, 4.69) is 10.1 Å². The summed E-state index contributed by atoms with van der Waals surface area (Å²) in [5, 5.41) is 15.3. The zero-order valence-corrected chi connectivity index (χ0v) is 17.7. The molecule has 1 amide bonds. The summed E-state index contributed by atoms with van der Waals surface area (Å²) in [7, 11) is 0. The second-order valence-electron chi connectivity index (χ2n) is 6.20. The molecule has 4 rings (SSSR count). The van der Waals surface area contributed by atoms with Crippen LogP contribution in [0.5, 0.6) is 0 Å². The maximum atomic E-state index is 12.6. The van der Waals surface area contributed by atoms with Gasteiger partial charge in [0.25, 0.3) is 5.91 Å². The Hall–Kier alpha value is -2.29. The molecular formula is C19H16ClN5OS2. The van der Waals surface area contributed by atoms with Gasteiger partial charge in [-0.2, -0.15) is 10.0 Å². The van der Waals surface area contributed by atoms with Crippen molar-refractivity contribution < 1.29 is 4.79 Å². The van der Waals surface area contributed by atoms with Gasteiger partial charge in [-0.15, -0.1) is 16.9 Å². The molecule has 0 fully saturated rings. The number of para-hydroxylation sites is 1. The van der Waals surface area contributed by atoms with Crippen LogP contribution < -0.4 is 0 Å². The maximum absolute atomic E-state index is 12.6. The molecule has 0 unspecified atom stereocenters. The molecule has 0 saturated heterocycles. The van der Waals surface area contributed by atoms with E-state index in [1.54, 1.807) is 6.08 Å². The maximum Gasteiger partial charge on any atom is 0.283 e. The number of amides is 1. The first-order chi connectivity index (χ1) is 13.4. The third-order valence-electron chi connectivity index (χ3n) is 4.47. The number of benzene rings is 1. The number of rotatable bonds is 2. The molecule has 6 nitrogen and oxygen atoms in total. The van der Waals surface area contributed by atoms with Gasteiger partial charge in [0.1, 0.15) is 0 Å². The van der Waals surface area contributed by atoms with Crippen molar-refractivity contribution >= 4 is 62.5 Å². The Morgan fingerprint density at radius 2 is 2.04 bits per heavy atom. The van der Waals surface area contributed by atoms with Crippen LogP contribution in [0.15, 0.2) is 46.0 Å². The van der Waals surface area contributed by atoms with Gasteiger partial charge >= 0.3 is 0 Å². The number of fused-ring (bicyclic) bond motifs is 1. The average Bonchev–Trinajstić information content (AvgIpc) is 3.20. The lowest BCUT2D eigenvalue weighted by Crippen LogP contribution is -2.35. The number of nitrogens with one attached hydrogen (secondary N) is 1. The Balaban J connectivity index is 1.78. The van der Waals surface area contributed by atoms with Crippen molar-refractivity contribution in [1.82, 2.24) is 9.58 Å². The number of hydrazone groups is 1. The van der Waals surface area contributed by atoms with Crippen molar-refractivity contribution in [3.05, 3.63) is 57.9 Å². The summed E-state index contributed by atoms with van der Waals surface area (Å²) in [5.74, 6) is -0.391. The van der Waals surface area contributed by atoms with Crippen molar-refractivity contribution in [2.24, 2.45) is 10.1 Å². The Kier molecular flexibility index (Phi) is 4.95. The topological polar surface area (TPSA) is 73.8 Å². The van der Waals surface area contributed by atoms with Crippen LogP contribution in [0.3, 0.4) is 0 Å². The number of thioether (sulfide) groups is 2. The molecule has 2 aliphatic heterocycles. The standard InChI is InChI=1S/C19H16ClN5OS2/c1-10-8-12(11(2)24(10)15-7-5-4-6-14(15)20)9-13-16(21)25-18(22-17(13)26)28-19(23-25)27-3/h4-9,21H,1-3H3/b13-9+,21-16?. The van der Waals surface area contributed by atoms with E-state index in [-0.39, 0.29) is 11.4 Å². The van der Waals surface area contributed by atoms with Crippen molar-refractivity contribution in [1.29, 1.82) is 5.41 Å². The predicted octanol–water partition coefficient (Wildman–Crippen LogP) is 4.69. The second kappa shape index (κ2) is 7.27. The van der Waals surface area contributed by atoms with Gasteiger partial charge in [-0.3, -0.25) is 10.2 Å². The Morgan fingerprint density at radius 1 is 1.29 bits per heavy atom. The van der Waals surface area contributed by atoms with Gasteiger partial charge in [0.05, 0.1) is 16.3 Å². The van der Waals surface area contributed by atoms with Crippen molar-refractivity contribution in [2.45, 2.75) is 13.8 Å². The van der Waals surface area contributed by atoms with Crippen LogP contribution in [0.1, 0.15) is 17.0 Å². The quantitative estimate of drug-likeness (QED) is 0.703. The highest BCUT2D eigenvalue weighted by molar-refractivity contribution is 8.45. The Labute approximate surface area is 175 Å². The van der Waals surface area contributed by atoms with Crippen LogP contribution in [0.25, 0.3) is 11.8 Å². The van der Waals surface area contributed by atoms with Crippen LogP contribution >= 0.6 is 35.1 Å². The number of carbonyl (C=O) groups excluding carboxylic acids is 1. The summed E-state index contributed by atoms with van der Waals surface area (Å²) in [6.45, 7) is 3.94. The average molecular weight is 430 g/mol. The van der Waals surface area contributed by atoms with E-state index < -0.39 is 5.91 Å². The van der Waals surface area contributed by atoms with E-state index in [9.17, 15) is 4.79 Å². The molecule has 0 atom stereocenters. The summed E-state index contributed by atoms with van der Waals surface area (Å²) >= 11 is 9.13. The number of halogens is 1. The number of hydrogen-bond donors (Lipinski definition) is 1. The first-order valence-electron chi connectivity index (χ1n) is 8.38. The van der Waals surface area contributed by atoms with E-state index in [0.717, 1.165) is 27.0 Å². The minimum atomic E-state index is -0.427. The zero-order valence-electron chi connectivity index (χ0n) is 15.4. The van der Waals surface area contributed by atoms with Crippen LogP contribution in [0.2, 0.25) is 5.02 Å². The van der Waals surface area contributed by atoms with Gasteiger partial charge in [0.15, 0.2) is 10.2 Å². The fraction of sp³-hybridized carbons (Fsp3) is 0.158. The van der Waals surface area contributed by atoms with E-state index in [1.807, 2.05) is 55.0 Å². The second-order valence-corrected chi connectivity index (χ2v) is 8.62. The fourth-order valence-electron chi connectivity index (χ4n) is 3.15. The van der Waals surface area contributed by atoms with E-state index in [0.29, 0.717) is 10.2 Å². The fourth-order valence-corrected chi connectivity index (χ4v) is 4.72. The number of aliphatic imine (C=N–C) groups is 1. The van der Waals surface area contributed by atoms with Gasteiger partial charge < -0.3 is 4.57 Å². The number of carbonyl (C=O) groups is 1. The molecule has 1 N–H and O–H groups in total. The monoisotopic (exact) mass is 429 g/mol. The number of amidine groups is 2. The van der Waals surface area contributed by atoms with Gasteiger partial charge in [-0.1, -0.05) is 23.7 Å². The summed E-state index contributed by atoms with van der Waals surface area (Å²) in [5.41, 5.74) is 3.84. The van der Waals surface area contributed by atoms with E-state index >= 15 is 0 Å². The van der Waals surface area contributed by atoms with Crippen LogP contribution in [-0.4, -0.2) is 37.1 Å². The van der Waals surface area contributed by atoms with Crippen molar-refractivity contribution in [2.75, 3.05) is 6.26 Å². The molecule has 0 radical (unpaired) electrons. The summed E-state index contributed by atoms with van der Waals surface area (Å²) in [6, 6.07) is 9.58. The number of aryl methyl sites for hydroxylation is 1. The summed E-state index contributed by atoms with van der Waals surface area (Å²) < 4.78 is 2.80. The lowest BCUT2D eigenvalue weighted by atomic mass is 10.1. The smallest absolute Gasteiger partial charge is 0.283 e. The minimum Gasteiger partial charge on any atom is -0.316 e. The summed E-state index contributed by atoms with van der Waals surface area (Å²) in [4.78, 5) is 16.7. The third kappa shape index (κ3) is 3.11. The molecule has 0 spiro atoms. The lowest BCUT2D eigenvalue weighted by Gasteiger charge is -2.20. The highest BCUT2D eigenvalue weighted by Crippen LogP contribution is 2.32. The molecule has 1 aromatic heterocycles. The molecule has 0 saturated carbocycles. The lowest BCUT2D eigenvalue weighted by molar-refractivity contribution is -0.114. The van der Waals surface area contributed by atoms with Crippen LogP contribution in [0, 0.1) is 19.3 Å². The van der Waals surface area contributed by atoms with Crippen LogP contribution in [-0.2, 0) is 4.79 Å². The van der Waals surface area contributed by atoms with Crippen molar-refractivity contribution in [3.63, 3.8) is 0 Å². The first-order valence-corrected chi connectivity index (χ1v) is 10.8. The molecule has 0 bridgehead atoms. The molecule has 2 aromatic rings. The third-order valence-corrected chi connectivity index (χ3v) is 6.68. The molecule has 9 heteroatoms. The number of aromatic nitrogens is 1. The largest absolute Gasteiger partial charge is 0.316 e. The van der Waals surface area contributed by atoms with Gasteiger partial charge in [-0.25, -0.2) is 0 Å². The SMILES string of the molecule is CSC1=NN2C(=N)/C(=C\c3cc(C)n(-c4ccccc4Cl)c3C)C(=O)N=C2S1. The van der Waals surface area contributed by atoms with Crippen molar-refractivity contribution in [3.8, 4) is 5.69 Å². The molecular weight excluding hydrogens is 414 g/mol. The zero-order chi connectivity index (χ0) is 20.0. The molecule has 0 aliphatic carbocycles. The molecule has 2 aliphatic rings. The first kappa shape index (κ1) is 19.0. The minimum absolute atomic E-state index is 0.0362. The highest BCUT2D eigenvalue weighted by Gasteiger charge is 2.35. The summed E-state index contributed by atoms with van der Waals surface area (Å²) in [6.07, 6.45) is 3.61.